The average molecular weight is 239 g/mol. The summed E-state index contributed by atoms with van der Waals surface area (Å²) in [5.74, 6) is 0.359. The van der Waals surface area contributed by atoms with Crippen molar-refractivity contribution in [3.05, 3.63) is 39.2 Å². The molecule has 1 aromatic carbocycles. The van der Waals surface area contributed by atoms with Crippen molar-refractivity contribution in [3.8, 4) is 5.75 Å². The number of benzene rings is 1. The highest BCUT2D eigenvalue weighted by atomic mass is 35.5. The van der Waals surface area contributed by atoms with Crippen LogP contribution in [0.15, 0.2) is 21.3 Å². The molecule has 0 unspecified atom stereocenters. The molecule has 0 saturated heterocycles. The number of phenolic OH excluding ortho intramolecular Hbond substituents is 1. The summed E-state index contributed by atoms with van der Waals surface area (Å²) in [6, 6.07) is 3.29. The molecule has 0 bridgehead atoms. The lowest BCUT2D eigenvalue weighted by Crippen LogP contribution is -2.07. The first-order valence-corrected chi connectivity index (χ1v) is 5.40. The minimum atomic E-state index is -0.406. The summed E-state index contributed by atoms with van der Waals surface area (Å²) < 4.78 is 5.17. The van der Waals surface area contributed by atoms with Gasteiger partial charge in [0.25, 0.3) is 0 Å². The Balaban J connectivity index is 3.02. The first-order valence-electron chi connectivity index (χ1n) is 4.87. The maximum Gasteiger partial charge on any atom is 0.339 e. The van der Waals surface area contributed by atoms with E-state index >= 15 is 0 Å². The summed E-state index contributed by atoms with van der Waals surface area (Å²) in [5, 5.41) is 10.3. The smallest absolute Gasteiger partial charge is 0.339 e. The number of hydrogen-bond donors (Lipinski definition) is 1. The van der Waals surface area contributed by atoms with Crippen molar-refractivity contribution in [2.45, 2.75) is 19.7 Å². The number of rotatable bonds is 1. The fraction of sp³-hybridized carbons (Fsp3) is 0.250. The molecule has 0 aliphatic rings. The molecule has 4 heteroatoms. The minimum Gasteiger partial charge on any atom is -0.508 e. The van der Waals surface area contributed by atoms with Crippen molar-refractivity contribution in [3.63, 3.8) is 0 Å². The van der Waals surface area contributed by atoms with Crippen LogP contribution in [0.1, 0.15) is 16.7 Å². The fourth-order valence-electron chi connectivity index (χ4n) is 1.72. The van der Waals surface area contributed by atoms with Gasteiger partial charge in [-0.15, -0.1) is 11.6 Å². The molecule has 84 valence electrons. The van der Waals surface area contributed by atoms with Gasteiger partial charge in [-0.25, -0.2) is 4.79 Å². The first kappa shape index (κ1) is 11.0. The van der Waals surface area contributed by atoms with Crippen LogP contribution >= 0.6 is 11.6 Å². The molecule has 0 aliphatic carbocycles. The van der Waals surface area contributed by atoms with Crippen molar-refractivity contribution >= 4 is 22.6 Å². The Morgan fingerprint density at radius 1 is 1.31 bits per heavy atom. The number of phenols is 1. The number of alkyl halides is 1. The monoisotopic (exact) mass is 238 g/mol. The lowest BCUT2D eigenvalue weighted by molar-refractivity contribution is 0.468. The Labute approximate surface area is 97.3 Å². The third-order valence-electron chi connectivity index (χ3n) is 2.79. The second-order valence-electron chi connectivity index (χ2n) is 3.71. The van der Waals surface area contributed by atoms with Crippen LogP contribution in [0.2, 0.25) is 0 Å². The molecule has 0 spiro atoms. The highest BCUT2D eigenvalue weighted by molar-refractivity contribution is 6.18. The normalized spacial score (nSPS) is 10.9. The van der Waals surface area contributed by atoms with E-state index in [0.29, 0.717) is 16.7 Å². The maximum absolute atomic E-state index is 11.6. The van der Waals surface area contributed by atoms with Crippen molar-refractivity contribution in [2.75, 3.05) is 0 Å². The van der Waals surface area contributed by atoms with Crippen LogP contribution in [0.3, 0.4) is 0 Å². The quantitative estimate of drug-likeness (QED) is 0.614. The zero-order chi connectivity index (χ0) is 11.9. The Bertz CT molecular complexity index is 614. The van der Waals surface area contributed by atoms with E-state index in [-0.39, 0.29) is 11.6 Å². The number of fused-ring (bicyclic) bond motifs is 1. The number of halogens is 1. The zero-order valence-corrected chi connectivity index (χ0v) is 9.76. The van der Waals surface area contributed by atoms with Gasteiger partial charge >= 0.3 is 5.63 Å². The Morgan fingerprint density at radius 2 is 2.00 bits per heavy atom. The largest absolute Gasteiger partial charge is 0.508 e. The zero-order valence-electron chi connectivity index (χ0n) is 9.00. The molecule has 2 aromatic rings. The Kier molecular flexibility index (Phi) is 2.64. The van der Waals surface area contributed by atoms with Crippen molar-refractivity contribution in [2.24, 2.45) is 0 Å². The standard InChI is InChI=1S/C12H11ClO3/c1-6-9(5-13)8-3-4-10(14)7(2)11(8)16-12(6)15/h3-4,14H,5H2,1-2H3. The van der Waals surface area contributed by atoms with E-state index in [1.807, 2.05) is 0 Å². The second-order valence-corrected chi connectivity index (χ2v) is 3.98. The molecule has 0 atom stereocenters. The lowest BCUT2D eigenvalue weighted by atomic mass is 10.0. The van der Waals surface area contributed by atoms with E-state index in [4.69, 9.17) is 16.0 Å². The van der Waals surface area contributed by atoms with Gasteiger partial charge in [0.05, 0.1) is 0 Å². The van der Waals surface area contributed by atoms with Crippen molar-refractivity contribution in [1.29, 1.82) is 0 Å². The predicted molar refractivity (Wildman–Crippen MR) is 63.2 cm³/mol. The highest BCUT2D eigenvalue weighted by Gasteiger charge is 2.13. The van der Waals surface area contributed by atoms with Gasteiger partial charge in [0, 0.05) is 22.4 Å². The van der Waals surface area contributed by atoms with Crippen molar-refractivity contribution in [1.82, 2.24) is 0 Å². The minimum absolute atomic E-state index is 0.111. The van der Waals surface area contributed by atoms with Gasteiger partial charge in [-0.3, -0.25) is 0 Å². The van der Waals surface area contributed by atoms with Gasteiger partial charge in [0.2, 0.25) is 0 Å². The van der Waals surface area contributed by atoms with Gasteiger partial charge in [-0.2, -0.15) is 0 Å². The van der Waals surface area contributed by atoms with Crippen LogP contribution in [0.5, 0.6) is 5.75 Å². The van der Waals surface area contributed by atoms with E-state index in [1.54, 1.807) is 26.0 Å². The van der Waals surface area contributed by atoms with Crippen LogP contribution < -0.4 is 5.63 Å². The van der Waals surface area contributed by atoms with Gasteiger partial charge in [0.1, 0.15) is 11.3 Å². The Hall–Kier alpha value is -1.48. The first-order chi connectivity index (χ1) is 7.56. The molecule has 0 aliphatic heterocycles. The molecular formula is C12H11ClO3. The molecule has 0 radical (unpaired) electrons. The topological polar surface area (TPSA) is 50.4 Å². The summed E-state index contributed by atoms with van der Waals surface area (Å²) in [4.78, 5) is 11.6. The van der Waals surface area contributed by atoms with E-state index in [0.717, 1.165) is 10.9 Å². The average Bonchev–Trinajstić information content (AvgIpc) is 2.27. The second kappa shape index (κ2) is 3.83. The van der Waals surface area contributed by atoms with E-state index in [9.17, 15) is 9.90 Å². The maximum atomic E-state index is 11.6. The summed E-state index contributed by atoms with van der Waals surface area (Å²) in [6.45, 7) is 3.39. The van der Waals surface area contributed by atoms with Gasteiger partial charge in [0.15, 0.2) is 0 Å². The molecule has 3 nitrogen and oxygen atoms in total. The van der Waals surface area contributed by atoms with E-state index in [2.05, 4.69) is 0 Å². The van der Waals surface area contributed by atoms with Gasteiger partial charge < -0.3 is 9.52 Å². The van der Waals surface area contributed by atoms with Gasteiger partial charge in [-0.1, -0.05) is 0 Å². The van der Waals surface area contributed by atoms with Crippen molar-refractivity contribution < 1.29 is 9.52 Å². The molecule has 1 N–H and O–H groups in total. The fourth-order valence-corrected chi connectivity index (χ4v) is 2.06. The highest BCUT2D eigenvalue weighted by Crippen LogP contribution is 2.29. The van der Waals surface area contributed by atoms with Crippen LogP contribution in [0, 0.1) is 13.8 Å². The number of aromatic hydroxyl groups is 1. The Morgan fingerprint density at radius 3 is 2.62 bits per heavy atom. The molecule has 16 heavy (non-hydrogen) atoms. The molecule has 1 heterocycles. The number of aryl methyl sites for hydroxylation is 1. The van der Waals surface area contributed by atoms with E-state index < -0.39 is 5.63 Å². The summed E-state index contributed by atoms with van der Waals surface area (Å²) in [7, 11) is 0. The molecular weight excluding hydrogens is 228 g/mol. The van der Waals surface area contributed by atoms with E-state index in [1.165, 1.54) is 0 Å². The third-order valence-corrected chi connectivity index (χ3v) is 3.06. The molecule has 1 aromatic heterocycles. The van der Waals surface area contributed by atoms with Crippen LogP contribution in [0.4, 0.5) is 0 Å². The predicted octanol–water partition coefficient (Wildman–Crippen LogP) is 2.85. The summed E-state index contributed by atoms with van der Waals surface area (Å²) in [5.41, 5.74) is 1.84. The lowest BCUT2D eigenvalue weighted by Gasteiger charge is -2.08. The summed E-state index contributed by atoms with van der Waals surface area (Å²) in [6.07, 6.45) is 0. The van der Waals surface area contributed by atoms with Gasteiger partial charge in [-0.05, 0) is 31.5 Å². The summed E-state index contributed by atoms with van der Waals surface area (Å²) >= 11 is 5.83. The van der Waals surface area contributed by atoms with Crippen LogP contribution in [0.25, 0.3) is 11.0 Å². The van der Waals surface area contributed by atoms with Crippen LogP contribution in [-0.4, -0.2) is 5.11 Å². The van der Waals surface area contributed by atoms with Crippen LogP contribution in [-0.2, 0) is 5.88 Å². The molecule has 2 rings (SSSR count). The SMILES string of the molecule is Cc1c(CCl)c2ccc(O)c(C)c2oc1=O. The number of hydrogen-bond acceptors (Lipinski definition) is 3. The third kappa shape index (κ3) is 1.48. The molecule has 0 amide bonds. The molecule has 0 saturated carbocycles. The molecule has 0 fully saturated rings.